The number of aryl methyl sites for hydroxylation is 5. The number of para-hydroxylation sites is 1. The van der Waals surface area contributed by atoms with Gasteiger partial charge in [0.25, 0.3) is 0 Å². The zero-order chi connectivity index (χ0) is 19.6. The molecular weight excluding hydrogens is 348 g/mol. The smallest absolute Gasteiger partial charge is 0.133 e. The minimum absolute atomic E-state index is 0. The van der Waals surface area contributed by atoms with Gasteiger partial charge in [-0.15, -0.1) is 0 Å². The van der Waals surface area contributed by atoms with E-state index in [-0.39, 0.29) is 7.43 Å². The van der Waals surface area contributed by atoms with E-state index in [1.807, 2.05) is 83.7 Å². The van der Waals surface area contributed by atoms with Crippen LogP contribution in [0.4, 0.5) is 0 Å². The number of benzene rings is 1. The van der Waals surface area contributed by atoms with Crippen LogP contribution in [0.15, 0.2) is 71.8 Å². The van der Waals surface area contributed by atoms with Crippen LogP contribution in [0, 0.1) is 34.6 Å². The quantitative estimate of drug-likeness (QED) is 0.419. The number of imidazole rings is 1. The standard InChI is InChI=1S/C10H10N2.C7H9N.C5H7NO.CH4/c1-9-7-11-8-12(9)10-5-3-2-4-6-10;1-6-3-4-7(2)8-5-6;1-4-3-5(2)7-6-4;/h2-8H,1H3;3-5H,1-2H3;3H,1-2H3;1H4. The second kappa shape index (κ2) is 11.5. The first-order valence-corrected chi connectivity index (χ1v) is 8.79. The van der Waals surface area contributed by atoms with Crippen molar-refractivity contribution in [1.29, 1.82) is 0 Å². The fraction of sp³-hybridized carbons (Fsp3) is 0.261. The van der Waals surface area contributed by atoms with E-state index in [0.29, 0.717) is 0 Å². The Balaban J connectivity index is 0.000000216. The molecule has 0 aliphatic rings. The van der Waals surface area contributed by atoms with E-state index in [1.54, 1.807) is 0 Å². The minimum Gasteiger partial charge on any atom is -0.361 e. The second-order valence-electron chi connectivity index (χ2n) is 6.30. The average Bonchev–Trinajstić information content (AvgIpc) is 3.27. The molecule has 0 N–H and O–H groups in total. The van der Waals surface area contributed by atoms with Crippen molar-refractivity contribution in [2.75, 3.05) is 0 Å². The van der Waals surface area contributed by atoms with Crippen LogP contribution in [0.1, 0.15) is 35.8 Å². The lowest BCUT2D eigenvalue weighted by molar-refractivity contribution is 0.393. The third-order valence-electron chi connectivity index (χ3n) is 3.66. The first-order valence-electron chi connectivity index (χ1n) is 8.79. The van der Waals surface area contributed by atoms with Gasteiger partial charge < -0.3 is 9.09 Å². The SMILES string of the molecule is C.Cc1cc(C)on1.Cc1ccc(C)nc1.Cc1cncn1-c1ccccc1. The number of aromatic nitrogens is 4. The summed E-state index contributed by atoms with van der Waals surface area (Å²) in [5.41, 5.74) is 5.55. The van der Waals surface area contributed by atoms with E-state index < -0.39 is 0 Å². The van der Waals surface area contributed by atoms with E-state index in [4.69, 9.17) is 4.52 Å². The molecule has 4 aromatic rings. The maximum atomic E-state index is 4.71. The Bertz CT molecular complexity index is 887. The highest BCUT2D eigenvalue weighted by molar-refractivity contribution is 5.32. The minimum atomic E-state index is 0. The van der Waals surface area contributed by atoms with Crippen molar-refractivity contribution in [3.63, 3.8) is 0 Å². The van der Waals surface area contributed by atoms with Crippen molar-refractivity contribution in [1.82, 2.24) is 19.7 Å². The molecule has 0 saturated carbocycles. The highest BCUT2D eigenvalue weighted by Gasteiger charge is 1.96. The summed E-state index contributed by atoms with van der Waals surface area (Å²) in [5, 5.41) is 3.64. The van der Waals surface area contributed by atoms with Gasteiger partial charge in [0.2, 0.25) is 0 Å². The monoisotopic (exact) mass is 378 g/mol. The van der Waals surface area contributed by atoms with Crippen LogP contribution in [0.25, 0.3) is 5.69 Å². The molecule has 3 aromatic heterocycles. The third-order valence-corrected chi connectivity index (χ3v) is 3.66. The Morgan fingerprint density at radius 2 is 1.54 bits per heavy atom. The topological polar surface area (TPSA) is 56.7 Å². The van der Waals surface area contributed by atoms with Crippen LogP contribution < -0.4 is 0 Å². The maximum absolute atomic E-state index is 4.71. The molecule has 5 heteroatoms. The van der Waals surface area contributed by atoms with Gasteiger partial charge in [0.05, 0.1) is 12.0 Å². The molecule has 1 aromatic carbocycles. The Morgan fingerprint density at radius 1 is 0.821 bits per heavy atom. The van der Waals surface area contributed by atoms with Gasteiger partial charge in [0.15, 0.2) is 0 Å². The normalized spacial score (nSPS) is 9.32. The highest BCUT2D eigenvalue weighted by Crippen LogP contribution is 2.08. The van der Waals surface area contributed by atoms with E-state index in [9.17, 15) is 0 Å². The van der Waals surface area contributed by atoms with Gasteiger partial charge in [-0.1, -0.05) is 36.8 Å². The molecular formula is C23H30N4O. The Morgan fingerprint density at radius 3 is 1.93 bits per heavy atom. The number of pyridine rings is 1. The van der Waals surface area contributed by atoms with Gasteiger partial charge in [-0.05, 0) is 58.4 Å². The highest BCUT2D eigenvalue weighted by atomic mass is 16.5. The Kier molecular flexibility index (Phi) is 9.37. The lowest BCUT2D eigenvalue weighted by Gasteiger charge is -2.02. The lowest BCUT2D eigenvalue weighted by Crippen LogP contribution is -1.92. The van der Waals surface area contributed by atoms with Crippen molar-refractivity contribution < 1.29 is 4.52 Å². The van der Waals surface area contributed by atoms with E-state index in [1.165, 1.54) is 5.56 Å². The Labute approximate surface area is 168 Å². The number of nitrogens with zero attached hydrogens (tertiary/aromatic N) is 4. The van der Waals surface area contributed by atoms with Crippen molar-refractivity contribution in [2.24, 2.45) is 0 Å². The largest absolute Gasteiger partial charge is 0.361 e. The summed E-state index contributed by atoms with van der Waals surface area (Å²) in [6.07, 6.45) is 5.55. The van der Waals surface area contributed by atoms with Gasteiger partial charge in [-0.3, -0.25) is 4.98 Å². The van der Waals surface area contributed by atoms with E-state index in [0.717, 1.165) is 28.5 Å². The van der Waals surface area contributed by atoms with Gasteiger partial charge in [0.1, 0.15) is 5.76 Å². The molecule has 3 heterocycles. The van der Waals surface area contributed by atoms with Gasteiger partial charge in [-0.2, -0.15) is 0 Å². The molecule has 0 amide bonds. The van der Waals surface area contributed by atoms with Crippen LogP contribution in [0.3, 0.4) is 0 Å². The van der Waals surface area contributed by atoms with E-state index >= 15 is 0 Å². The van der Waals surface area contributed by atoms with Gasteiger partial charge >= 0.3 is 0 Å². The fourth-order valence-electron chi connectivity index (χ4n) is 2.25. The number of rotatable bonds is 1. The molecule has 0 saturated heterocycles. The number of hydrogen-bond donors (Lipinski definition) is 0. The Hall–Kier alpha value is -3.21. The van der Waals surface area contributed by atoms with Crippen LogP contribution >= 0.6 is 0 Å². The second-order valence-corrected chi connectivity index (χ2v) is 6.30. The summed E-state index contributed by atoms with van der Waals surface area (Å²) in [4.78, 5) is 8.14. The molecule has 0 bridgehead atoms. The molecule has 4 rings (SSSR count). The van der Waals surface area contributed by atoms with Crippen molar-refractivity contribution in [2.45, 2.75) is 42.0 Å². The number of hydrogen-bond acceptors (Lipinski definition) is 4. The molecule has 28 heavy (non-hydrogen) atoms. The summed E-state index contributed by atoms with van der Waals surface area (Å²) >= 11 is 0. The molecule has 0 aliphatic carbocycles. The molecule has 0 fully saturated rings. The van der Waals surface area contributed by atoms with Crippen molar-refractivity contribution in [3.8, 4) is 5.69 Å². The predicted octanol–water partition coefficient (Wildman–Crippen LogP) is 5.81. The van der Waals surface area contributed by atoms with E-state index in [2.05, 4.69) is 37.9 Å². The fourth-order valence-corrected chi connectivity index (χ4v) is 2.25. The van der Waals surface area contributed by atoms with Gasteiger partial charge in [0, 0.05) is 35.5 Å². The summed E-state index contributed by atoms with van der Waals surface area (Å²) in [6, 6.07) is 16.1. The molecule has 0 radical (unpaired) electrons. The lowest BCUT2D eigenvalue weighted by atomic mass is 10.3. The zero-order valence-electron chi connectivity index (χ0n) is 16.5. The van der Waals surface area contributed by atoms with Crippen LogP contribution in [0.5, 0.6) is 0 Å². The molecule has 0 atom stereocenters. The third kappa shape index (κ3) is 7.58. The van der Waals surface area contributed by atoms with Crippen LogP contribution in [0.2, 0.25) is 0 Å². The zero-order valence-corrected chi connectivity index (χ0v) is 16.5. The first kappa shape index (κ1) is 22.8. The maximum Gasteiger partial charge on any atom is 0.133 e. The molecule has 0 unspecified atom stereocenters. The summed E-state index contributed by atoms with van der Waals surface area (Å²) in [6.45, 7) is 9.84. The molecule has 5 nitrogen and oxygen atoms in total. The summed E-state index contributed by atoms with van der Waals surface area (Å²) in [5.74, 6) is 0.873. The average molecular weight is 379 g/mol. The summed E-state index contributed by atoms with van der Waals surface area (Å²) < 4.78 is 6.77. The summed E-state index contributed by atoms with van der Waals surface area (Å²) in [7, 11) is 0. The van der Waals surface area contributed by atoms with Crippen LogP contribution in [-0.4, -0.2) is 19.7 Å². The molecule has 148 valence electrons. The van der Waals surface area contributed by atoms with Crippen molar-refractivity contribution >= 4 is 0 Å². The van der Waals surface area contributed by atoms with Crippen molar-refractivity contribution in [3.05, 3.63) is 95.7 Å². The van der Waals surface area contributed by atoms with Crippen LogP contribution in [-0.2, 0) is 0 Å². The first-order chi connectivity index (χ1) is 13.0. The predicted molar refractivity (Wildman–Crippen MR) is 115 cm³/mol. The molecule has 0 spiro atoms. The molecule has 0 aliphatic heterocycles. The van der Waals surface area contributed by atoms with Gasteiger partial charge in [-0.25, -0.2) is 4.98 Å².